The summed E-state index contributed by atoms with van der Waals surface area (Å²) >= 11 is 0. The Morgan fingerprint density at radius 3 is 3.12 bits per heavy atom. The van der Waals surface area contributed by atoms with Crippen LogP contribution in [0.4, 0.5) is 0 Å². The maximum absolute atomic E-state index is 9.42. The van der Waals surface area contributed by atoms with Gasteiger partial charge in [0, 0.05) is 24.5 Å². The summed E-state index contributed by atoms with van der Waals surface area (Å²) in [5.74, 6) is 1.04. The van der Waals surface area contributed by atoms with E-state index in [0.717, 1.165) is 5.56 Å². The highest BCUT2D eigenvalue weighted by Gasteiger charge is 2.28. The third kappa shape index (κ3) is 2.04. The van der Waals surface area contributed by atoms with Crippen LogP contribution in [-0.4, -0.2) is 32.9 Å². The summed E-state index contributed by atoms with van der Waals surface area (Å²) in [6, 6.07) is 3.64. The zero-order chi connectivity index (χ0) is 11.7. The molecule has 1 saturated heterocycles. The van der Waals surface area contributed by atoms with Crippen molar-refractivity contribution >= 4 is 0 Å². The third-order valence-electron chi connectivity index (χ3n) is 2.77. The summed E-state index contributed by atoms with van der Waals surface area (Å²) in [6.45, 7) is 0.565. The Hall–Kier alpha value is -1.79. The van der Waals surface area contributed by atoms with E-state index < -0.39 is 0 Å². The lowest BCUT2D eigenvalue weighted by molar-refractivity contribution is 0.191. The first kappa shape index (κ1) is 10.4. The molecule has 2 aromatic heterocycles. The van der Waals surface area contributed by atoms with Gasteiger partial charge in [-0.25, -0.2) is 0 Å². The van der Waals surface area contributed by atoms with Crippen molar-refractivity contribution in [1.29, 1.82) is 0 Å². The van der Waals surface area contributed by atoms with Gasteiger partial charge in [-0.15, -0.1) is 0 Å². The van der Waals surface area contributed by atoms with Crippen molar-refractivity contribution in [3.8, 4) is 11.4 Å². The number of pyridine rings is 1. The second-order valence-electron chi connectivity index (χ2n) is 4.05. The van der Waals surface area contributed by atoms with Crippen molar-refractivity contribution in [2.75, 3.05) is 6.54 Å². The highest BCUT2D eigenvalue weighted by Crippen LogP contribution is 2.24. The Bertz CT molecular complexity index is 499. The van der Waals surface area contributed by atoms with Crippen molar-refractivity contribution in [1.82, 2.24) is 20.4 Å². The van der Waals surface area contributed by atoms with Crippen molar-refractivity contribution < 1.29 is 9.63 Å². The van der Waals surface area contributed by atoms with E-state index >= 15 is 0 Å². The monoisotopic (exact) mass is 232 g/mol. The Morgan fingerprint density at radius 2 is 2.41 bits per heavy atom. The summed E-state index contributed by atoms with van der Waals surface area (Å²) in [6.07, 6.45) is 3.65. The maximum atomic E-state index is 9.42. The molecule has 0 unspecified atom stereocenters. The summed E-state index contributed by atoms with van der Waals surface area (Å²) in [5, 5.41) is 16.5. The normalized spacial score (nSPS) is 24.1. The molecule has 0 aromatic carbocycles. The van der Waals surface area contributed by atoms with Crippen molar-refractivity contribution in [2.24, 2.45) is 0 Å². The average molecular weight is 232 g/mol. The molecule has 0 bridgehead atoms. The van der Waals surface area contributed by atoms with Crippen LogP contribution in [0.15, 0.2) is 29.0 Å². The van der Waals surface area contributed by atoms with E-state index in [9.17, 15) is 5.11 Å². The summed E-state index contributed by atoms with van der Waals surface area (Å²) < 4.78 is 5.19. The van der Waals surface area contributed by atoms with E-state index in [-0.39, 0.29) is 12.1 Å². The topological polar surface area (TPSA) is 84.1 Å². The number of hydrogen-bond donors (Lipinski definition) is 2. The molecule has 6 heteroatoms. The molecule has 2 atom stereocenters. The lowest BCUT2D eigenvalue weighted by Gasteiger charge is -2.01. The molecule has 0 amide bonds. The second kappa shape index (κ2) is 4.23. The van der Waals surface area contributed by atoms with Gasteiger partial charge in [-0.05, 0) is 18.6 Å². The minimum atomic E-state index is -0.339. The van der Waals surface area contributed by atoms with Crippen molar-refractivity contribution in [3.05, 3.63) is 30.4 Å². The van der Waals surface area contributed by atoms with E-state index in [1.54, 1.807) is 12.4 Å². The molecule has 3 heterocycles. The molecule has 1 aliphatic heterocycles. The van der Waals surface area contributed by atoms with Gasteiger partial charge >= 0.3 is 0 Å². The first-order valence-corrected chi connectivity index (χ1v) is 5.48. The first-order chi connectivity index (χ1) is 8.33. The van der Waals surface area contributed by atoms with Gasteiger partial charge in [0.2, 0.25) is 11.7 Å². The fraction of sp³-hybridized carbons (Fsp3) is 0.364. The number of nitrogens with one attached hydrogen (secondary N) is 1. The van der Waals surface area contributed by atoms with E-state index in [4.69, 9.17) is 4.52 Å². The van der Waals surface area contributed by atoms with Gasteiger partial charge < -0.3 is 14.9 Å². The van der Waals surface area contributed by atoms with Crippen molar-refractivity contribution in [3.63, 3.8) is 0 Å². The Morgan fingerprint density at radius 1 is 1.47 bits per heavy atom. The molecular weight excluding hydrogens is 220 g/mol. The number of nitrogens with zero attached hydrogens (tertiary/aromatic N) is 3. The van der Waals surface area contributed by atoms with Gasteiger partial charge in [0.15, 0.2) is 0 Å². The number of aliphatic hydroxyl groups is 1. The number of aliphatic hydroxyl groups excluding tert-OH is 1. The zero-order valence-electron chi connectivity index (χ0n) is 9.08. The first-order valence-electron chi connectivity index (χ1n) is 5.48. The minimum Gasteiger partial charge on any atom is -0.392 e. The van der Waals surface area contributed by atoms with Gasteiger partial charge in [-0.2, -0.15) is 4.98 Å². The van der Waals surface area contributed by atoms with Gasteiger partial charge in [-0.1, -0.05) is 5.16 Å². The minimum absolute atomic E-state index is 0.0529. The number of rotatable bonds is 2. The molecule has 1 aliphatic rings. The summed E-state index contributed by atoms with van der Waals surface area (Å²) in [5.41, 5.74) is 0.820. The molecule has 3 rings (SSSR count). The fourth-order valence-electron chi connectivity index (χ4n) is 1.89. The summed E-state index contributed by atoms with van der Waals surface area (Å²) in [7, 11) is 0. The van der Waals surface area contributed by atoms with Crippen molar-refractivity contribution in [2.45, 2.75) is 18.6 Å². The van der Waals surface area contributed by atoms with Crippen LogP contribution < -0.4 is 5.32 Å². The maximum Gasteiger partial charge on any atom is 0.244 e. The molecular formula is C11H12N4O2. The molecule has 0 spiro atoms. The molecule has 1 fully saturated rings. The second-order valence-corrected chi connectivity index (χ2v) is 4.05. The van der Waals surface area contributed by atoms with E-state index in [0.29, 0.717) is 24.7 Å². The van der Waals surface area contributed by atoms with Crippen LogP contribution in [0.5, 0.6) is 0 Å². The smallest absolute Gasteiger partial charge is 0.244 e. The highest BCUT2D eigenvalue weighted by atomic mass is 16.5. The fourth-order valence-corrected chi connectivity index (χ4v) is 1.89. The van der Waals surface area contributed by atoms with E-state index in [2.05, 4.69) is 20.4 Å². The van der Waals surface area contributed by atoms with Gasteiger partial charge in [0.05, 0.1) is 12.1 Å². The Balaban J connectivity index is 1.84. The van der Waals surface area contributed by atoms with Gasteiger partial charge in [-0.3, -0.25) is 4.98 Å². The van der Waals surface area contributed by atoms with Crippen LogP contribution in [0, 0.1) is 0 Å². The summed E-state index contributed by atoms with van der Waals surface area (Å²) in [4.78, 5) is 8.31. The molecule has 0 radical (unpaired) electrons. The van der Waals surface area contributed by atoms with Gasteiger partial charge in [0.25, 0.3) is 0 Å². The number of aromatic nitrogens is 3. The lowest BCUT2D eigenvalue weighted by atomic mass is 10.2. The van der Waals surface area contributed by atoms with Gasteiger partial charge in [0.1, 0.15) is 0 Å². The van der Waals surface area contributed by atoms with Crippen LogP contribution in [-0.2, 0) is 0 Å². The average Bonchev–Trinajstić information content (AvgIpc) is 2.98. The highest BCUT2D eigenvalue weighted by molar-refractivity contribution is 5.51. The molecule has 0 saturated carbocycles. The van der Waals surface area contributed by atoms with E-state index in [1.807, 2.05) is 12.1 Å². The largest absolute Gasteiger partial charge is 0.392 e. The predicted molar refractivity (Wildman–Crippen MR) is 58.9 cm³/mol. The Kier molecular flexibility index (Phi) is 2.58. The number of hydrogen-bond acceptors (Lipinski definition) is 6. The number of β-amino-alcohol motifs (C(OH)–C–C–N with tert-alkyl or cyclic N) is 1. The molecule has 6 nitrogen and oxygen atoms in total. The molecule has 2 N–H and O–H groups in total. The molecule has 0 aliphatic carbocycles. The molecule has 88 valence electrons. The predicted octanol–water partition coefficient (Wildman–Crippen LogP) is 0.527. The van der Waals surface area contributed by atoms with Crippen LogP contribution in [0.25, 0.3) is 11.4 Å². The quantitative estimate of drug-likeness (QED) is 0.785. The SMILES string of the molecule is O[C@H]1CN[C@@H](c2nc(-c3cccnc3)no2)C1. The van der Waals surface area contributed by atoms with Crippen LogP contribution in [0.2, 0.25) is 0 Å². The lowest BCUT2D eigenvalue weighted by Crippen LogP contribution is -2.15. The zero-order valence-corrected chi connectivity index (χ0v) is 9.08. The third-order valence-corrected chi connectivity index (χ3v) is 2.77. The van der Waals surface area contributed by atoms with Crippen LogP contribution in [0.1, 0.15) is 18.4 Å². The van der Waals surface area contributed by atoms with Crippen LogP contribution >= 0.6 is 0 Å². The van der Waals surface area contributed by atoms with Crippen LogP contribution in [0.3, 0.4) is 0 Å². The van der Waals surface area contributed by atoms with E-state index in [1.165, 1.54) is 0 Å². The molecule has 2 aromatic rings. The Labute approximate surface area is 97.7 Å². The standard InChI is InChI=1S/C11H12N4O2/c16-8-4-9(13-6-8)11-14-10(15-17-11)7-2-1-3-12-5-7/h1-3,5,8-9,13,16H,4,6H2/t8-,9-/m1/s1. The molecule has 17 heavy (non-hydrogen) atoms.